The molecule has 0 fully saturated rings. The summed E-state index contributed by atoms with van der Waals surface area (Å²) in [6, 6.07) is 12.9. The lowest BCUT2D eigenvalue weighted by atomic mass is 10.2. The van der Waals surface area contributed by atoms with Crippen LogP contribution in [0.3, 0.4) is 0 Å². The van der Waals surface area contributed by atoms with E-state index in [0.29, 0.717) is 12.1 Å². The molecular formula is C15H16FNOS. The van der Waals surface area contributed by atoms with Crippen LogP contribution in [0.25, 0.3) is 0 Å². The van der Waals surface area contributed by atoms with E-state index in [0.717, 1.165) is 15.5 Å². The predicted octanol–water partition coefficient (Wildman–Crippen LogP) is 3.70. The molecule has 19 heavy (non-hydrogen) atoms. The third kappa shape index (κ3) is 3.49. The van der Waals surface area contributed by atoms with Gasteiger partial charge in [0, 0.05) is 21.9 Å². The fourth-order valence-electron chi connectivity index (χ4n) is 1.77. The Labute approximate surface area is 117 Å². The monoisotopic (exact) mass is 277 g/mol. The van der Waals surface area contributed by atoms with Crippen LogP contribution in [0, 0.1) is 5.82 Å². The molecule has 0 spiro atoms. The lowest BCUT2D eigenvalue weighted by Crippen LogP contribution is -2.08. The van der Waals surface area contributed by atoms with E-state index in [-0.39, 0.29) is 5.82 Å². The van der Waals surface area contributed by atoms with Gasteiger partial charge in [-0.15, -0.1) is 0 Å². The van der Waals surface area contributed by atoms with Gasteiger partial charge in [-0.25, -0.2) is 4.39 Å². The minimum absolute atomic E-state index is 0.178. The van der Waals surface area contributed by atoms with E-state index < -0.39 is 0 Å². The summed E-state index contributed by atoms with van der Waals surface area (Å²) >= 11 is 1.54. The number of hydrogen-bond acceptors (Lipinski definition) is 3. The highest BCUT2D eigenvalue weighted by Gasteiger charge is 2.09. The van der Waals surface area contributed by atoms with Crippen molar-refractivity contribution in [3.05, 3.63) is 53.8 Å². The van der Waals surface area contributed by atoms with E-state index in [1.165, 1.54) is 17.8 Å². The van der Waals surface area contributed by atoms with Crippen molar-refractivity contribution in [3.8, 4) is 5.75 Å². The summed E-state index contributed by atoms with van der Waals surface area (Å²) in [7, 11) is 3.45. The smallest absolute Gasteiger partial charge is 0.128 e. The Morgan fingerprint density at radius 3 is 2.74 bits per heavy atom. The van der Waals surface area contributed by atoms with Crippen LogP contribution in [-0.4, -0.2) is 14.2 Å². The SMILES string of the molecule is CNCc1c(F)cccc1Sc1cccc(OC)c1. The quantitative estimate of drug-likeness (QED) is 0.900. The molecule has 1 N–H and O–H groups in total. The van der Waals surface area contributed by atoms with Crippen LogP contribution in [0.1, 0.15) is 5.56 Å². The van der Waals surface area contributed by atoms with Gasteiger partial charge >= 0.3 is 0 Å². The summed E-state index contributed by atoms with van der Waals surface area (Å²) in [4.78, 5) is 1.95. The van der Waals surface area contributed by atoms with Gasteiger partial charge in [0.25, 0.3) is 0 Å². The number of rotatable bonds is 5. The molecule has 0 aliphatic carbocycles. The zero-order valence-corrected chi connectivity index (χ0v) is 11.8. The normalized spacial score (nSPS) is 10.5. The third-order valence-corrected chi connectivity index (χ3v) is 3.79. The number of methoxy groups -OCH3 is 1. The lowest BCUT2D eigenvalue weighted by molar-refractivity contribution is 0.413. The first-order valence-electron chi connectivity index (χ1n) is 5.98. The second-order valence-corrected chi connectivity index (χ2v) is 5.14. The molecule has 2 aromatic rings. The van der Waals surface area contributed by atoms with Gasteiger partial charge in [0.15, 0.2) is 0 Å². The molecule has 0 aromatic heterocycles. The molecule has 0 bridgehead atoms. The highest BCUT2D eigenvalue weighted by atomic mass is 32.2. The largest absolute Gasteiger partial charge is 0.497 e. The standard InChI is InChI=1S/C15H16FNOS/c1-17-10-13-14(16)7-4-8-15(13)19-12-6-3-5-11(9-12)18-2/h3-9,17H,10H2,1-2H3. The molecule has 0 aliphatic rings. The first kappa shape index (κ1) is 13.9. The first-order valence-corrected chi connectivity index (χ1v) is 6.80. The fraction of sp³-hybridized carbons (Fsp3) is 0.200. The summed E-state index contributed by atoms with van der Waals surface area (Å²) < 4.78 is 19.0. The maximum absolute atomic E-state index is 13.8. The molecule has 2 nitrogen and oxygen atoms in total. The number of benzene rings is 2. The topological polar surface area (TPSA) is 21.3 Å². The summed E-state index contributed by atoms with van der Waals surface area (Å²) in [5.41, 5.74) is 0.692. The van der Waals surface area contributed by atoms with Crippen molar-refractivity contribution in [3.63, 3.8) is 0 Å². The molecule has 0 atom stereocenters. The van der Waals surface area contributed by atoms with E-state index in [1.807, 2.05) is 37.4 Å². The maximum Gasteiger partial charge on any atom is 0.128 e. The van der Waals surface area contributed by atoms with Crippen LogP contribution < -0.4 is 10.1 Å². The van der Waals surface area contributed by atoms with Crippen molar-refractivity contribution in [1.29, 1.82) is 0 Å². The van der Waals surface area contributed by atoms with E-state index in [4.69, 9.17) is 4.74 Å². The van der Waals surface area contributed by atoms with Gasteiger partial charge in [-0.3, -0.25) is 0 Å². The van der Waals surface area contributed by atoms with E-state index >= 15 is 0 Å². The number of ether oxygens (including phenoxy) is 1. The zero-order valence-electron chi connectivity index (χ0n) is 10.9. The Balaban J connectivity index is 2.29. The van der Waals surface area contributed by atoms with Crippen molar-refractivity contribution in [2.45, 2.75) is 16.3 Å². The molecular weight excluding hydrogens is 261 g/mol. The second kappa shape index (κ2) is 6.59. The molecule has 0 radical (unpaired) electrons. The van der Waals surface area contributed by atoms with E-state index in [2.05, 4.69) is 5.32 Å². The minimum Gasteiger partial charge on any atom is -0.497 e. The number of nitrogens with one attached hydrogen (secondary N) is 1. The summed E-state index contributed by atoms with van der Waals surface area (Å²) in [5, 5.41) is 3.00. The van der Waals surface area contributed by atoms with Crippen molar-refractivity contribution in [1.82, 2.24) is 5.32 Å². The fourth-order valence-corrected chi connectivity index (χ4v) is 2.79. The molecule has 4 heteroatoms. The molecule has 0 amide bonds. The summed E-state index contributed by atoms with van der Waals surface area (Å²) in [6.07, 6.45) is 0. The third-order valence-electron chi connectivity index (χ3n) is 2.70. The minimum atomic E-state index is -0.178. The number of halogens is 1. The Morgan fingerprint density at radius 1 is 1.21 bits per heavy atom. The van der Waals surface area contributed by atoms with Crippen LogP contribution >= 0.6 is 11.8 Å². The van der Waals surface area contributed by atoms with Crippen molar-refractivity contribution < 1.29 is 9.13 Å². The Bertz CT molecular complexity index is 560. The Kier molecular flexibility index (Phi) is 4.82. The van der Waals surface area contributed by atoms with Gasteiger partial charge in [-0.05, 0) is 37.4 Å². The highest BCUT2D eigenvalue weighted by Crippen LogP contribution is 2.33. The molecule has 0 aliphatic heterocycles. The summed E-state index contributed by atoms with van der Waals surface area (Å²) in [5.74, 6) is 0.624. The molecule has 2 aromatic carbocycles. The molecule has 100 valence electrons. The molecule has 2 rings (SSSR count). The van der Waals surface area contributed by atoms with Gasteiger partial charge in [-0.1, -0.05) is 23.9 Å². The zero-order chi connectivity index (χ0) is 13.7. The van der Waals surface area contributed by atoms with Gasteiger partial charge in [0.1, 0.15) is 11.6 Å². The summed E-state index contributed by atoms with van der Waals surface area (Å²) in [6.45, 7) is 0.513. The second-order valence-electron chi connectivity index (χ2n) is 4.03. The van der Waals surface area contributed by atoms with Crippen molar-refractivity contribution in [2.75, 3.05) is 14.2 Å². The van der Waals surface area contributed by atoms with Gasteiger partial charge in [0.2, 0.25) is 0 Å². The molecule has 0 saturated carbocycles. The van der Waals surface area contributed by atoms with E-state index in [1.54, 1.807) is 13.2 Å². The maximum atomic E-state index is 13.8. The number of hydrogen-bond donors (Lipinski definition) is 1. The average molecular weight is 277 g/mol. The van der Waals surface area contributed by atoms with Crippen LogP contribution in [0.15, 0.2) is 52.3 Å². The van der Waals surface area contributed by atoms with Crippen LogP contribution in [0.5, 0.6) is 5.75 Å². The van der Waals surface area contributed by atoms with Crippen LogP contribution in [-0.2, 0) is 6.54 Å². The molecule has 0 saturated heterocycles. The van der Waals surface area contributed by atoms with Gasteiger partial charge < -0.3 is 10.1 Å². The van der Waals surface area contributed by atoms with Gasteiger partial charge in [-0.2, -0.15) is 0 Å². The lowest BCUT2D eigenvalue weighted by Gasteiger charge is -2.10. The Hall–Kier alpha value is -1.52. The molecule has 0 unspecified atom stereocenters. The predicted molar refractivity (Wildman–Crippen MR) is 76.3 cm³/mol. The van der Waals surface area contributed by atoms with Crippen LogP contribution in [0.2, 0.25) is 0 Å². The van der Waals surface area contributed by atoms with E-state index in [9.17, 15) is 4.39 Å². The Morgan fingerprint density at radius 2 is 2.00 bits per heavy atom. The van der Waals surface area contributed by atoms with Gasteiger partial charge in [0.05, 0.1) is 7.11 Å². The van der Waals surface area contributed by atoms with Crippen molar-refractivity contribution >= 4 is 11.8 Å². The molecule has 0 heterocycles. The highest BCUT2D eigenvalue weighted by molar-refractivity contribution is 7.99. The van der Waals surface area contributed by atoms with Crippen molar-refractivity contribution in [2.24, 2.45) is 0 Å². The first-order chi connectivity index (χ1) is 9.24. The van der Waals surface area contributed by atoms with Crippen LogP contribution in [0.4, 0.5) is 4.39 Å². The average Bonchev–Trinajstić information content (AvgIpc) is 2.43.